The number of nitrogens with one attached hydrogen (secondary N) is 1. The minimum absolute atomic E-state index is 0.137. The Morgan fingerprint density at radius 2 is 1.97 bits per heavy atom. The van der Waals surface area contributed by atoms with Gasteiger partial charge in [0.1, 0.15) is 0 Å². The maximum Gasteiger partial charge on any atom is 0.434 e. The number of amides is 1. The van der Waals surface area contributed by atoms with E-state index in [-0.39, 0.29) is 16.8 Å². The lowest BCUT2D eigenvalue weighted by Gasteiger charge is -2.36. The first kappa shape index (κ1) is 22.6. The molecule has 2 aromatic rings. The van der Waals surface area contributed by atoms with Crippen LogP contribution >= 0.6 is 11.6 Å². The summed E-state index contributed by atoms with van der Waals surface area (Å²) in [5.41, 5.74) is -1.48. The van der Waals surface area contributed by atoms with Gasteiger partial charge in [0.05, 0.1) is 17.4 Å². The Labute approximate surface area is 179 Å². The zero-order chi connectivity index (χ0) is 22.1. The highest BCUT2D eigenvalue weighted by Crippen LogP contribution is 2.34. The van der Waals surface area contributed by atoms with Gasteiger partial charge in [-0.2, -0.15) is 18.3 Å². The summed E-state index contributed by atoms with van der Waals surface area (Å²) in [5, 5.41) is 6.80. The highest BCUT2D eigenvalue weighted by molar-refractivity contribution is 6.30. The summed E-state index contributed by atoms with van der Waals surface area (Å²) in [5.74, 6) is 0.329. The molecule has 2 heterocycles. The Morgan fingerprint density at radius 1 is 1.30 bits per heavy atom. The van der Waals surface area contributed by atoms with Crippen LogP contribution in [-0.2, 0) is 6.18 Å². The van der Waals surface area contributed by atoms with E-state index in [9.17, 15) is 18.0 Å². The van der Waals surface area contributed by atoms with Gasteiger partial charge in [-0.05, 0) is 43.4 Å². The van der Waals surface area contributed by atoms with Crippen molar-refractivity contribution in [2.45, 2.75) is 39.4 Å². The maximum atomic E-state index is 13.8. The normalized spacial score (nSPS) is 21.4. The Bertz CT molecular complexity index is 889. The van der Waals surface area contributed by atoms with E-state index in [0.717, 1.165) is 25.7 Å². The van der Waals surface area contributed by atoms with Crippen LogP contribution in [0, 0.1) is 11.8 Å². The van der Waals surface area contributed by atoms with Crippen LogP contribution < -0.4 is 5.32 Å². The van der Waals surface area contributed by atoms with Crippen LogP contribution in [0.2, 0.25) is 5.02 Å². The van der Waals surface area contributed by atoms with E-state index in [1.54, 1.807) is 13.0 Å². The molecule has 1 fully saturated rings. The van der Waals surface area contributed by atoms with Gasteiger partial charge >= 0.3 is 6.18 Å². The van der Waals surface area contributed by atoms with Crippen molar-refractivity contribution < 1.29 is 18.0 Å². The standard InChI is InChI=1S/C21H26ClF3N4O/c1-13-7-14(2)11-28(10-13)12-15(3)27-20(30)18-9-26-29(19(18)21(23,24)25)17-6-4-5-16(22)8-17/h4-6,8-9,13-15H,7,10-12H2,1-3H3,(H,27,30). The van der Waals surface area contributed by atoms with Crippen molar-refractivity contribution in [3.05, 3.63) is 46.7 Å². The summed E-state index contributed by atoms with van der Waals surface area (Å²) in [7, 11) is 0. The van der Waals surface area contributed by atoms with E-state index in [4.69, 9.17) is 11.6 Å². The second-order valence-corrected chi connectivity index (χ2v) is 8.77. The predicted molar refractivity (Wildman–Crippen MR) is 110 cm³/mol. The third-order valence-electron chi connectivity index (χ3n) is 5.19. The SMILES string of the molecule is CC1CC(C)CN(CC(C)NC(=O)c2cnn(-c3cccc(Cl)c3)c2C(F)(F)F)C1. The molecule has 1 saturated heterocycles. The van der Waals surface area contributed by atoms with Gasteiger partial charge in [-0.1, -0.05) is 31.5 Å². The van der Waals surface area contributed by atoms with E-state index in [2.05, 4.69) is 29.2 Å². The van der Waals surface area contributed by atoms with Gasteiger partial charge in [0, 0.05) is 30.7 Å². The number of halogens is 4. The van der Waals surface area contributed by atoms with E-state index in [1.807, 2.05) is 0 Å². The average Bonchev–Trinajstić information content (AvgIpc) is 3.06. The van der Waals surface area contributed by atoms with Crippen molar-refractivity contribution in [3.63, 3.8) is 0 Å². The third kappa shape index (κ3) is 5.35. The fourth-order valence-corrected chi connectivity index (χ4v) is 4.45. The molecular formula is C21H26ClF3N4O. The smallest absolute Gasteiger partial charge is 0.348 e. The van der Waals surface area contributed by atoms with Crippen LogP contribution in [0.4, 0.5) is 13.2 Å². The van der Waals surface area contributed by atoms with Crippen LogP contribution in [0.5, 0.6) is 0 Å². The number of likely N-dealkylation sites (tertiary alicyclic amines) is 1. The summed E-state index contributed by atoms with van der Waals surface area (Å²) in [6.07, 6.45) is -2.64. The van der Waals surface area contributed by atoms with E-state index < -0.39 is 23.3 Å². The van der Waals surface area contributed by atoms with Crippen molar-refractivity contribution in [1.82, 2.24) is 20.0 Å². The minimum Gasteiger partial charge on any atom is -0.348 e. The predicted octanol–water partition coefficient (Wildman–Crippen LogP) is 4.64. The molecule has 1 aromatic carbocycles. The second kappa shape index (κ2) is 8.98. The molecule has 5 nitrogen and oxygen atoms in total. The van der Waals surface area contributed by atoms with Gasteiger partial charge in [-0.15, -0.1) is 0 Å². The first-order chi connectivity index (χ1) is 14.0. The lowest BCUT2D eigenvalue weighted by molar-refractivity contribution is -0.143. The molecule has 30 heavy (non-hydrogen) atoms. The fourth-order valence-electron chi connectivity index (χ4n) is 4.27. The zero-order valence-corrected chi connectivity index (χ0v) is 18.0. The van der Waals surface area contributed by atoms with E-state index >= 15 is 0 Å². The number of hydrogen-bond acceptors (Lipinski definition) is 3. The Morgan fingerprint density at radius 3 is 2.57 bits per heavy atom. The number of nitrogens with zero attached hydrogens (tertiary/aromatic N) is 3. The number of alkyl halides is 3. The summed E-state index contributed by atoms with van der Waals surface area (Å²) in [6, 6.07) is 5.61. The minimum atomic E-state index is -4.76. The number of hydrogen-bond donors (Lipinski definition) is 1. The van der Waals surface area contributed by atoms with Crippen molar-refractivity contribution in [2.24, 2.45) is 11.8 Å². The molecule has 3 rings (SSSR count). The van der Waals surface area contributed by atoms with Crippen LogP contribution in [0.1, 0.15) is 43.2 Å². The van der Waals surface area contributed by atoms with Gasteiger partial charge in [-0.25, -0.2) is 4.68 Å². The van der Waals surface area contributed by atoms with Crippen molar-refractivity contribution >= 4 is 17.5 Å². The number of benzene rings is 1. The maximum absolute atomic E-state index is 13.8. The molecule has 0 spiro atoms. The molecule has 1 aromatic heterocycles. The number of carbonyl (C=O) groups excluding carboxylic acids is 1. The molecule has 0 aliphatic carbocycles. The van der Waals surface area contributed by atoms with Gasteiger partial charge in [0.15, 0.2) is 5.69 Å². The number of aromatic nitrogens is 2. The van der Waals surface area contributed by atoms with E-state index in [1.165, 1.54) is 18.2 Å². The molecule has 1 amide bonds. The molecule has 3 atom stereocenters. The summed E-state index contributed by atoms with van der Waals surface area (Å²) in [6.45, 7) is 8.61. The topological polar surface area (TPSA) is 50.2 Å². The molecular weight excluding hydrogens is 417 g/mol. The van der Waals surface area contributed by atoms with Gasteiger partial charge < -0.3 is 10.2 Å². The van der Waals surface area contributed by atoms with Crippen LogP contribution in [0.15, 0.2) is 30.5 Å². The fraction of sp³-hybridized carbons (Fsp3) is 0.524. The van der Waals surface area contributed by atoms with Crippen molar-refractivity contribution in [1.29, 1.82) is 0 Å². The first-order valence-corrected chi connectivity index (χ1v) is 10.4. The molecule has 0 saturated carbocycles. The second-order valence-electron chi connectivity index (χ2n) is 8.34. The van der Waals surface area contributed by atoms with Gasteiger partial charge in [0.25, 0.3) is 5.91 Å². The summed E-state index contributed by atoms with van der Waals surface area (Å²) >= 11 is 5.91. The molecule has 3 unspecified atom stereocenters. The van der Waals surface area contributed by atoms with Crippen LogP contribution in [0.25, 0.3) is 5.69 Å². The zero-order valence-electron chi connectivity index (χ0n) is 17.2. The molecule has 0 radical (unpaired) electrons. The molecule has 1 aliphatic rings. The van der Waals surface area contributed by atoms with Crippen LogP contribution in [0.3, 0.4) is 0 Å². The highest BCUT2D eigenvalue weighted by Gasteiger charge is 2.40. The molecule has 1 aliphatic heterocycles. The Kier molecular flexibility index (Phi) is 6.77. The lowest BCUT2D eigenvalue weighted by Crippen LogP contribution is -2.47. The summed E-state index contributed by atoms with van der Waals surface area (Å²) < 4.78 is 42.1. The molecule has 0 bridgehead atoms. The monoisotopic (exact) mass is 442 g/mol. The summed E-state index contributed by atoms with van der Waals surface area (Å²) in [4.78, 5) is 14.9. The molecule has 9 heteroatoms. The average molecular weight is 443 g/mol. The number of carbonyl (C=O) groups is 1. The molecule has 164 valence electrons. The highest BCUT2D eigenvalue weighted by atomic mass is 35.5. The first-order valence-electron chi connectivity index (χ1n) is 9.99. The van der Waals surface area contributed by atoms with Gasteiger partial charge in [-0.3, -0.25) is 4.79 Å². The van der Waals surface area contributed by atoms with Gasteiger partial charge in [0.2, 0.25) is 0 Å². The van der Waals surface area contributed by atoms with Crippen LogP contribution in [-0.4, -0.2) is 46.3 Å². The Hall–Kier alpha value is -2.06. The number of piperidine rings is 1. The van der Waals surface area contributed by atoms with Crippen molar-refractivity contribution in [2.75, 3.05) is 19.6 Å². The molecule has 1 N–H and O–H groups in total. The Balaban J connectivity index is 1.79. The number of rotatable bonds is 5. The van der Waals surface area contributed by atoms with Crippen molar-refractivity contribution in [3.8, 4) is 5.69 Å². The largest absolute Gasteiger partial charge is 0.434 e. The lowest BCUT2D eigenvalue weighted by atomic mass is 9.92. The quantitative estimate of drug-likeness (QED) is 0.733. The third-order valence-corrected chi connectivity index (χ3v) is 5.42. The van der Waals surface area contributed by atoms with E-state index in [0.29, 0.717) is 23.1 Å².